The second-order valence-corrected chi connectivity index (χ2v) is 6.55. The first-order valence-corrected chi connectivity index (χ1v) is 7.49. The van der Waals surface area contributed by atoms with Crippen molar-refractivity contribution in [1.29, 1.82) is 0 Å². The van der Waals surface area contributed by atoms with Gasteiger partial charge in [-0.2, -0.15) is 0 Å². The van der Waals surface area contributed by atoms with Crippen molar-refractivity contribution in [3.8, 4) is 5.75 Å². The second kappa shape index (κ2) is 7.09. The van der Waals surface area contributed by atoms with Crippen molar-refractivity contribution in [3.05, 3.63) is 27.7 Å². The van der Waals surface area contributed by atoms with Gasteiger partial charge in [-0.25, -0.2) is 0 Å². The molecule has 0 aliphatic heterocycles. The zero-order valence-electron chi connectivity index (χ0n) is 13.8. The summed E-state index contributed by atoms with van der Waals surface area (Å²) >= 11 is 0. The van der Waals surface area contributed by atoms with E-state index >= 15 is 0 Å². The molecule has 2 N–H and O–H groups in total. The van der Waals surface area contributed by atoms with E-state index < -0.39 is 5.43 Å². The number of pyridine rings is 1. The molecule has 1 aromatic heterocycles. The molecule has 0 aliphatic rings. The Hall–Kier alpha value is -1.33. The summed E-state index contributed by atoms with van der Waals surface area (Å²) in [6, 6.07) is 1.32. The van der Waals surface area contributed by atoms with Crippen LogP contribution < -0.4 is 5.43 Å². The predicted octanol–water partition coefficient (Wildman–Crippen LogP) is 2.03. The molecule has 0 saturated heterocycles. The number of aromatic nitrogens is 1. The van der Waals surface area contributed by atoms with Crippen LogP contribution in [0, 0.1) is 0 Å². The third-order valence-electron chi connectivity index (χ3n) is 3.51. The van der Waals surface area contributed by atoms with E-state index in [9.17, 15) is 15.0 Å². The normalized spacial score (nSPS) is 12.1. The molecule has 5 heteroatoms. The molecule has 0 spiro atoms. The summed E-state index contributed by atoms with van der Waals surface area (Å²) < 4.78 is 1.87. The number of nitrogens with zero attached hydrogens (tertiary/aromatic N) is 2. The van der Waals surface area contributed by atoms with Crippen molar-refractivity contribution in [3.63, 3.8) is 0 Å². The molecule has 1 aromatic rings. The average Bonchev–Trinajstić information content (AvgIpc) is 2.39. The van der Waals surface area contributed by atoms with Gasteiger partial charge in [-0.15, -0.1) is 0 Å². The number of hydrogen-bond acceptors (Lipinski definition) is 4. The third-order valence-corrected chi connectivity index (χ3v) is 3.51. The minimum absolute atomic E-state index is 0.217. The molecule has 0 atom stereocenters. The number of rotatable bonds is 6. The van der Waals surface area contributed by atoms with Crippen LogP contribution in [0.25, 0.3) is 0 Å². The first kappa shape index (κ1) is 17.7. The van der Waals surface area contributed by atoms with Crippen molar-refractivity contribution in [2.45, 2.75) is 59.2 Å². The monoisotopic (exact) mass is 296 g/mol. The Morgan fingerprint density at radius 1 is 1.33 bits per heavy atom. The highest BCUT2D eigenvalue weighted by Gasteiger charge is 2.23. The van der Waals surface area contributed by atoms with Crippen molar-refractivity contribution in [1.82, 2.24) is 9.47 Å². The number of aliphatic hydroxyl groups is 1. The topological polar surface area (TPSA) is 65.7 Å². The van der Waals surface area contributed by atoms with Crippen LogP contribution in [0.2, 0.25) is 0 Å². The maximum Gasteiger partial charge on any atom is 0.223 e. The van der Waals surface area contributed by atoms with Crippen LogP contribution in [0.4, 0.5) is 0 Å². The molecule has 5 nitrogen and oxygen atoms in total. The molecule has 0 aromatic carbocycles. The number of hydrogen-bond donors (Lipinski definition) is 2. The molecular weight excluding hydrogens is 268 g/mol. The molecule has 0 amide bonds. The Bertz CT molecular complexity index is 530. The molecular formula is C16H28N2O3. The summed E-state index contributed by atoms with van der Waals surface area (Å²) in [7, 11) is 1.97. The van der Waals surface area contributed by atoms with Gasteiger partial charge in [0.2, 0.25) is 5.43 Å². The van der Waals surface area contributed by atoms with E-state index in [1.54, 1.807) is 0 Å². The van der Waals surface area contributed by atoms with Gasteiger partial charge in [0, 0.05) is 23.8 Å². The smallest absolute Gasteiger partial charge is 0.223 e. The second-order valence-electron chi connectivity index (χ2n) is 6.55. The first-order chi connectivity index (χ1) is 9.72. The minimum Gasteiger partial charge on any atom is -0.503 e. The molecule has 120 valence electrons. The highest BCUT2D eigenvalue weighted by Crippen LogP contribution is 2.25. The highest BCUT2D eigenvalue weighted by molar-refractivity contribution is 5.31. The molecule has 0 saturated carbocycles. The lowest BCUT2D eigenvalue weighted by atomic mass is 10.0. The molecule has 0 unspecified atom stereocenters. The zero-order valence-corrected chi connectivity index (χ0v) is 13.8. The van der Waals surface area contributed by atoms with Gasteiger partial charge in [0.1, 0.15) is 0 Å². The first-order valence-electron chi connectivity index (χ1n) is 7.49. The fraction of sp³-hybridized carbons (Fsp3) is 0.688. The van der Waals surface area contributed by atoms with Crippen LogP contribution in [-0.2, 0) is 18.7 Å². The van der Waals surface area contributed by atoms with Gasteiger partial charge >= 0.3 is 0 Å². The summed E-state index contributed by atoms with van der Waals surface area (Å²) in [5.41, 5.74) is 0.338. The Morgan fingerprint density at radius 3 is 2.43 bits per heavy atom. The SMILES string of the molecule is CCCCN(C)Cc1c(O)c(=O)cc(CO)n1C(C)(C)C. The lowest BCUT2D eigenvalue weighted by molar-refractivity contribution is 0.237. The van der Waals surface area contributed by atoms with Crippen LogP contribution in [0.5, 0.6) is 5.75 Å². The van der Waals surface area contributed by atoms with Crippen LogP contribution in [0.15, 0.2) is 10.9 Å². The van der Waals surface area contributed by atoms with E-state index in [-0.39, 0.29) is 17.9 Å². The highest BCUT2D eigenvalue weighted by atomic mass is 16.3. The Morgan fingerprint density at radius 2 is 1.95 bits per heavy atom. The summed E-state index contributed by atoms with van der Waals surface area (Å²) in [4.78, 5) is 14.0. The van der Waals surface area contributed by atoms with Gasteiger partial charge in [-0.1, -0.05) is 13.3 Å². The van der Waals surface area contributed by atoms with Crippen LogP contribution in [0.3, 0.4) is 0 Å². The summed E-state index contributed by atoms with van der Waals surface area (Å²) in [6.07, 6.45) is 2.16. The number of aliphatic hydroxyl groups excluding tert-OH is 1. The van der Waals surface area contributed by atoms with Gasteiger partial charge in [-0.3, -0.25) is 4.79 Å². The van der Waals surface area contributed by atoms with E-state index in [1.165, 1.54) is 6.07 Å². The molecule has 0 bridgehead atoms. The number of aromatic hydroxyl groups is 1. The van der Waals surface area contributed by atoms with E-state index in [0.717, 1.165) is 19.4 Å². The molecule has 0 fully saturated rings. The maximum absolute atomic E-state index is 11.9. The van der Waals surface area contributed by atoms with Crippen LogP contribution in [-0.4, -0.2) is 33.3 Å². The van der Waals surface area contributed by atoms with Gasteiger partial charge < -0.3 is 19.7 Å². The van der Waals surface area contributed by atoms with Crippen molar-refractivity contribution < 1.29 is 10.2 Å². The van der Waals surface area contributed by atoms with Crippen molar-refractivity contribution in [2.75, 3.05) is 13.6 Å². The van der Waals surface area contributed by atoms with Crippen LogP contribution in [0.1, 0.15) is 51.9 Å². The van der Waals surface area contributed by atoms with Gasteiger partial charge in [0.25, 0.3) is 0 Å². The van der Waals surface area contributed by atoms with E-state index in [0.29, 0.717) is 17.9 Å². The quantitative estimate of drug-likeness (QED) is 0.843. The van der Waals surface area contributed by atoms with Gasteiger partial charge in [-0.05, 0) is 40.8 Å². The largest absolute Gasteiger partial charge is 0.503 e. The van der Waals surface area contributed by atoms with E-state index in [1.807, 2.05) is 32.4 Å². The molecule has 0 aliphatic carbocycles. The maximum atomic E-state index is 11.9. The van der Waals surface area contributed by atoms with Gasteiger partial charge in [0.15, 0.2) is 5.75 Å². The summed E-state index contributed by atoms with van der Waals surface area (Å²) in [6.45, 7) is 9.26. The molecule has 1 rings (SSSR count). The third kappa shape index (κ3) is 4.32. The molecule has 21 heavy (non-hydrogen) atoms. The Balaban J connectivity index is 3.33. The zero-order chi connectivity index (χ0) is 16.2. The fourth-order valence-electron chi connectivity index (χ4n) is 2.57. The van der Waals surface area contributed by atoms with Crippen molar-refractivity contribution >= 4 is 0 Å². The Labute approximate surface area is 126 Å². The number of unbranched alkanes of at least 4 members (excludes halogenated alkanes) is 1. The Kier molecular flexibility index (Phi) is 5.98. The van der Waals surface area contributed by atoms with E-state index in [2.05, 4.69) is 11.8 Å². The summed E-state index contributed by atoms with van der Waals surface area (Å²) in [5, 5.41) is 19.7. The lowest BCUT2D eigenvalue weighted by Crippen LogP contribution is -2.33. The fourth-order valence-corrected chi connectivity index (χ4v) is 2.57. The molecule has 0 radical (unpaired) electrons. The summed E-state index contributed by atoms with van der Waals surface area (Å²) in [5.74, 6) is -0.217. The standard InChI is InChI=1S/C16H28N2O3/c1-6-7-8-17(5)10-13-15(21)14(20)9-12(11-19)18(13)16(2,3)4/h9,19,21H,6-8,10-11H2,1-5H3. The average molecular weight is 296 g/mol. The van der Waals surface area contributed by atoms with Gasteiger partial charge in [0.05, 0.1) is 12.3 Å². The van der Waals surface area contributed by atoms with Crippen molar-refractivity contribution in [2.24, 2.45) is 0 Å². The van der Waals surface area contributed by atoms with E-state index in [4.69, 9.17) is 0 Å². The predicted molar refractivity (Wildman–Crippen MR) is 84.5 cm³/mol. The lowest BCUT2D eigenvalue weighted by Gasteiger charge is -2.32. The van der Waals surface area contributed by atoms with Crippen LogP contribution >= 0.6 is 0 Å². The minimum atomic E-state index is -0.432. The molecule has 1 heterocycles.